The van der Waals surface area contributed by atoms with Crippen LogP contribution in [-0.2, 0) is 0 Å². The maximum absolute atomic E-state index is 5.71. The third-order valence-electron chi connectivity index (χ3n) is 2.52. The van der Waals surface area contributed by atoms with E-state index in [1.165, 1.54) is 4.68 Å². The summed E-state index contributed by atoms with van der Waals surface area (Å²) in [5.74, 6) is 1.01. The summed E-state index contributed by atoms with van der Waals surface area (Å²) in [4.78, 5) is 16.7. The average molecular weight is 253 g/mol. The lowest BCUT2D eigenvalue weighted by Gasteiger charge is -2.04. The molecule has 0 aromatic carbocycles. The number of aryl methyl sites for hydroxylation is 1. The molecule has 3 aromatic rings. The van der Waals surface area contributed by atoms with Crippen molar-refractivity contribution < 1.29 is 0 Å². The molecule has 19 heavy (non-hydrogen) atoms. The summed E-state index contributed by atoms with van der Waals surface area (Å²) >= 11 is 0. The lowest BCUT2D eigenvalue weighted by atomic mass is 10.2. The van der Waals surface area contributed by atoms with Gasteiger partial charge in [-0.2, -0.15) is 20.1 Å². The van der Waals surface area contributed by atoms with Gasteiger partial charge < -0.3 is 5.73 Å². The summed E-state index contributed by atoms with van der Waals surface area (Å²) < 4.78 is 1.53. The zero-order chi connectivity index (χ0) is 13.2. The van der Waals surface area contributed by atoms with E-state index in [1.54, 1.807) is 24.7 Å². The number of nitrogen functional groups attached to an aromatic ring is 1. The largest absolute Gasteiger partial charge is 0.368 e. The van der Waals surface area contributed by atoms with Gasteiger partial charge in [0.25, 0.3) is 5.95 Å². The Bertz CT molecular complexity index is 689. The van der Waals surface area contributed by atoms with E-state index in [2.05, 4.69) is 25.0 Å². The standard InChI is InChI=1S/C12H11N7/c1-8-3-4-9(7-14-8)10-16-11(13)18-12(17-10)19-6-2-5-15-19/h2-7H,1H3,(H2,13,16,17,18). The predicted molar refractivity (Wildman–Crippen MR) is 69.3 cm³/mol. The molecular formula is C12H11N7. The Morgan fingerprint density at radius 3 is 2.74 bits per heavy atom. The molecule has 0 saturated carbocycles. The van der Waals surface area contributed by atoms with Gasteiger partial charge in [-0.05, 0) is 25.1 Å². The number of nitrogens with two attached hydrogens (primary N) is 1. The number of anilines is 1. The molecule has 3 heterocycles. The summed E-state index contributed by atoms with van der Waals surface area (Å²) in [6.07, 6.45) is 5.09. The summed E-state index contributed by atoms with van der Waals surface area (Å²) in [5, 5.41) is 4.07. The number of hydrogen-bond acceptors (Lipinski definition) is 6. The smallest absolute Gasteiger partial charge is 0.255 e. The van der Waals surface area contributed by atoms with Crippen LogP contribution in [0.15, 0.2) is 36.8 Å². The number of aromatic nitrogens is 6. The van der Waals surface area contributed by atoms with Gasteiger partial charge >= 0.3 is 0 Å². The van der Waals surface area contributed by atoms with Crippen molar-refractivity contribution in [3.63, 3.8) is 0 Å². The molecular weight excluding hydrogens is 242 g/mol. The third-order valence-corrected chi connectivity index (χ3v) is 2.52. The summed E-state index contributed by atoms with van der Waals surface area (Å²) in [6, 6.07) is 5.57. The van der Waals surface area contributed by atoms with E-state index in [1.807, 2.05) is 19.1 Å². The first-order valence-electron chi connectivity index (χ1n) is 5.67. The summed E-state index contributed by atoms with van der Waals surface area (Å²) in [5.41, 5.74) is 7.42. The number of pyridine rings is 1. The van der Waals surface area contributed by atoms with Crippen LogP contribution in [0.5, 0.6) is 0 Å². The van der Waals surface area contributed by atoms with Crippen LogP contribution in [0.1, 0.15) is 5.69 Å². The molecule has 3 rings (SSSR count). The topological polar surface area (TPSA) is 95.4 Å². The van der Waals surface area contributed by atoms with Crippen LogP contribution in [0.25, 0.3) is 17.3 Å². The van der Waals surface area contributed by atoms with Crippen molar-refractivity contribution >= 4 is 5.95 Å². The van der Waals surface area contributed by atoms with Gasteiger partial charge in [-0.1, -0.05) is 0 Å². The van der Waals surface area contributed by atoms with Crippen molar-refractivity contribution in [1.82, 2.24) is 29.7 Å². The second-order valence-corrected chi connectivity index (χ2v) is 3.96. The second-order valence-electron chi connectivity index (χ2n) is 3.96. The third kappa shape index (κ3) is 2.25. The minimum atomic E-state index is 0.149. The quantitative estimate of drug-likeness (QED) is 0.732. The van der Waals surface area contributed by atoms with Gasteiger partial charge in [0.2, 0.25) is 5.95 Å². The minimum absolute atomic E-state index is 0.149. The van der Waals surface area contributed by atoms with Crippen LogP contribution in [0.4, 0.5) is 5.95 Å². The number of hydrogen-bond donors (Lipinski definition) is 1. The van der Waals surface area contributed by atoms with Crippen LogP contribution >= 0.6 is 0 Å². The Morgan fingerprint density at radius 1 is 1.16 bits per heavy atom. The maximum Gasteiger partial charge on any atom is 0.255 e. The highest BCUT2D eigenvalue weighted by Gasteiger charge is 2.08. The van der Waals surface area contributed by atoms with E-state index in [-0.39, 0.29) is 5.95 Å². The van der Waals surface area contributed by atoms with Gasteiger partial charge in [-0.15, -0.1) is 0 Å². The molecule has 3 aromatic heterocycles. The molecule has 0 unspecified atom stereocenters. The molecule has 7 heteroatoms. The molecule has 0 aliphatic heterocycles. The van der Waals surface area contributed by atoms with E-state index >= 15 is 0 Å². The van der Waals surface area contributed by atoms with Gasteiger partial charge in [-0.25, -0.2) is 4.68 Å². The van der Waals surface area contributed by atoms with E-state index in [9.17, 15) is 0 Å². The summed E-state index contributed by atoms with van der Waals surface area (Å²) in [6.45, 7) is 1.92. The molecule has 0 spiro atoms. The van der Waals surface area contributed by atoms with Crippen molar-refractivity contribution in [3.8, 4) is 17.3 Å². The van der Waals surface area contributed by atoms with Crippen LogP contribution in [-0.4, -0.2) is 29.7 Å². The van der Waals surface area contributed by atoms with Gasteiger partial charge in [-0.3, -0.25) is 4.98 Å². The van der Waals surface area contributed by atoms with Gasteiger partial charge in [0.15, 0.2) is 5.82 Å². The fourth-order valence-electron chi connectivity index (χ4n) is 1.60. The van der Waals surface area contributed by atoms with Crippen LogP contribution < -0.4 is 5.73 Å². The first-order chi connectivity index (χ1) is 9.22. The Balaban J connectivity index is 2.10. The fourth-order valence-corrected chi connectivity index (χ4v) is 1.60. The van der Waals surface area contributed by atoms with Crippen LogP contribution in [0.3, 0.4) is 0 Å². The maximum atomic E-state index is 5.71. The number of nitrogens with zero attached hydrogens (tertiary/aromatic N) is 6. The first kappa shape index (κ1) is 11.3. The van der Waals surface area contributed by atoms with Gasteiger partial charge in [0.05, 0.1) is 0 Å². The SMILES string of the molecule is Cc1ccc(-c2nc(N)nc(-n3cccn3)n2)cn1. The molecule has 7 nitrogen and oxygen atoms in total. The van der Waals surface area contributed by atoms with Gasteiger partial charge in [0.1, 0.15) is 0 Å². The monoisotopic (exact) mass is 253 g/mol. The van der Waals surface area contributed by atoms with Gasteiger partial charge in [0, 0.05) is 29.8 Å². The molecule has 0 amide bonds. The van der Waals surface area contributed by atoms with Crippen molar-refractivity contribution in [2.45, 2.75) is 6.92 Å². The molecule has 0 bridgehead atoms. The zero-order valence-corrected chi connectivity index (χ0v) is 10.2. The van der Waals surface area contributed by atoms with Crippen LogP contribution in [0, 0.1) is 6.92 Å². The van der Waals surface area contributed by atoms with Crippen molar-refractivity contribution in [1.29, 1.82) is 0 Å². The number of rotatable bonds is 2. The Labute approximate surface area is 109 Å². The highest BCUT2D eigenvalue weighted by atomic mass is 15.4. The van der Waals surface area contributed by atoms with E-state index in [4.69, 9.17) is 5.73 Å². The van der Waals surface area contributed by atoms with E-state index in [0.717, 1.165) is 11.3 Å². The molecule has 2 N–H and O–H groups in total. The molecule has 0 aliphatic rings. The summed E-state index contributed by atoms with van der Waals surface area (Å²) in [7, 11) is 0. The lowest BCUT2D eigenvalue weighted by Crippen LogP contribution is -2.08. The molecule has 0 aliphatic carbocycles. The Kier molecular flexibility index (Phi) is 2.64. The van der Waals surface area contributed by atoms with Crippen molar-refractivity contribution in [3.05, 3.63) is 42.5 Å². The van der Waals surface area contributed by atoms with Crippen molar-refractivity contribution in [2.75, 3.05) is 5.73 Å². The molecule has 0 fully saturated rings. The first-order valence-corrected chi connectivity index (χ1v) is 5.67. The normalized spacial score (nSPS) is 10.6. The van der Waals surface area contributed by atoms with E-state index < -0.39 is 0 Å². The lowest BCUT2D eigenvalue weighted by molar-refractivity contribution is 0.801. The molecule has 0 radical (unpaired) electrons. The molecule has 94 valence electrons. The Hall–Kier alpha value is -2.83. The Morgan fingerprint density at radius 2 is 2.05 bits per heavy atom. The minimum Gasteiger partial charge on any atom is -0.368 e. The fraction of sp³-hybridized carbons (Fsp3) is 0.0833. The van der Waals surface area contributed by atoms with Crippen molar-refractivity contribution in [2.24, 2.45) is 0 Å². The zero-order valence-electron chi connectivity index (χ0n) is 10.2. The molecule has 0 saturated heterocycles. The highest BCUT2D eigenvalue weighted by molar-refractivity contribution is 5.55. The van der Waals surface area contributed by atoms with E-state index in [0.29, 0.717) is 11.8 Å². The average Bonchev–Trinajstić information content (AvgIpc) is 2.93. The molecule has 0 atom stereocenters. The predicted octanol–water partition coefficient (Wildman–Crippen LogP) is 1.01. The highest BCUT2D eigenvalue weighted by Crippen LogP contribution is 2.15. The van der Waals surface area contributed by atoms with Crippen LogP contribution in [0.2, 0.25) is 0 Å². The second kappa shape index (κ2) is 4.45.